The van der Waals surface area contributed by atoms with E-state index < -0.39 is 24.4 Å². The first kappa shape index (κ1) is 22.5. The summed E-state index contributed by atoms with van der Waals surface area (Å²) in [4.78, 5) is 18.2. The van der Waals surface area contributed by atoms with Gasteiger partial charge in [0, 0.05) is 42.3 Å². The molecule has 1 saturated carbocycles. The third-order valence-corrected chi connectivity index (χ3v) is 8.67. The van der Waals surface area contributed by atoms with E-state index in [0.717, 1.165) is 16.8 Å². The van der Waals surface area contributed by atoms with Crippen LogP contribution in [0, 0.1) is 16.7 Å². The second-order valence-corrected chi connectivity index (χ2v) is 11.9. The molecule has 1 amide bonds. The Morgan fingerprint density at radius 1 is 1.21 bits per heavy atom. The number of pyridine rings is 1. The summed E-state index contributed by atoms with van der Waals surface area (Å²) in [6.07, 6.45) is 3.23. The molecule has 5 rings (SSSR count). The Balaban J connectivity index is 1.52. The normalized spacial score (nSPS) is 30.1. The van der Waals surface area contributed by atoms with Crippen molar-refractivity contribution in [2.45, 2.75) is 65.6 Å². The minimum Gasteiger partial charge on any atom is -0.493 e. The molecule has 178 valence electrons. The summed E-state index contributed by atoms with van der Waals surface area (Å²) < 4.78 is 20.2. The SMILES string of the molecule is COc1cc(B2OC(C)(C)C(C)(C)O2)cn2cc(C3C4CN(C(=O)O)CC43C(C)(C)C)nc12. The summed E-state index contributed by atoms with van der Waals surface area (Å²) in [6.45, 7) is 15.9. The number of methoxy groups -OCH3 is 1. The van der Waals surface area contributed by atoms with E-state index in [0.29, 0.717) is 18.8 Å². The maximum absolute atomic E-state index is 11.6. The van der Waals surface area contributed by atoms with Crippen LogP contribution in [-0.4, -0.2) is 64.0 Å². The lowest BCUT2D eigenvalue weighted by Crippen LogP contribution is -2.41. The van der Waals surface area contributed by atoms with Gasteiger partial charge in [-0.3, -0.25) is 0 Å². The topological polar surface area (TPSA) is 85.5 Å². The maximum Gasteiger partial charge on any atom is 0.496 e. The first-order valence-electron chi connectivity index (χ1n) is 11.6. The molecule has 8 nitrogen and oxygen atoms in total. The number of likely N-dealkylation sites (tertiary alicyclic amines) is 1. The number of fused-ring (bicyclic) bond motifs is 2. The minimum absolute atomic E-state index is 0.0414. The van der Waals surface area contributed by atoms with E-state index in [4.69, 9.17) is 19.0 Å². The van der Waals surface area contributed by atoms with Gasteiger partial charge in [0.05, 0.1) is 24.0 Å². The smallest absolute Gasteiger partial charge is 0.493 e. The summed E-state index contributed by atoms with van der Waals surface area (Å²) in [5.41, 5.74) is 1.61. The lowest BCUT2D eigenvalue weighted by atomic mass is 9.75. The van der Waals surface area contributed by atoms with Gasteiger partial charge in [-0.05, 0) is 45.1 Å². The number of hydrogen-bond donors (Lipinski definition) is 1. The van der Waals surface area contributed by atoms with E-state index in [1.807, 2.05) is 44.4 Å². The lowest BCUT2D eigenvalue weighted by molar-refractivity contribution is 0.00578. The van der Waals surface area contributed by atoms with Crippen LogP contribution in [-0.2, 0) is 9.31 Å². The number of imidazole rings is 1. The van der Waals surface area contributed by atoms with Crippen molar-refractivity contribution in [2.24, 2.45) is 16.7 Å². The van der Waals surface area contributed by atoms with Gasteiger partial charge < -0.3 is 28.5 Å². The van der Waals surface area contributed by atoms with E-state index in [1.165, 1.54) is 0 Å². The summed E-state index contributed by atoms with van der Waals surface area (Å²) in [7, 11) is 1.15. The van der Waals surface area contributed by atoms with Crippen LogP contribution in [0.4, 0.5) is 4.79 Å². The number of piperidine rings is 1. The largest absolute Gasteiger partial charge is 0.496 e. The predicted octanol–water partition coefficient (Wildman–Crippen LogP) is 3.38. The minimum atomic E-state index is -0.840. The lowest BCUT2D eigenvalue weighted by Gasteiger charge is -2.32. The standard InChI is InChI=1S/C24H34BN3O5/c1-21(2,3)24-13-28(20(29)30)11-15(24)18(24)16-12-27-10-14(9-17(31-8)19(27)26-16)25-32-22(4,5)23(6,7)33-25/h9-10,12,15,18H,11,13H2,1-8H3,(H,29,30). The van der Waals surface area contributed by atoms with Gasteiger partial charge in [-0.1, -0.05) is 20.8 Å². The first-order valence-corrected chi connectivity index (χ1v) is 11.6. The average Bonchev–Trinajstić information content (AvgIpc) is 3.01. The average molecular weight is 455 g/mol. The summed E-state index contributed by atoms with van der Waals surface area (Å²) in [5.74, 6) is 1.15. The molecule has 3 atom stereocenters. The van der Waals surface area contributed by atoms with Crippen molar-refractivity contribution < 1.29 is 23.9 Å². The molecule has 4 heterocycles. The van der Waals surface area contributed by atoms with Crippen molar-refractivity contribution >= 4 is 24.3 Å². The summed E-state index contributed by atoms with van der Waals surface area (Å²) >= 11 is 0. The zero-order valence-electron chi connectivity index (χ0n) is 20.8. The second-order valence-electron chi connectivity index (χ2n) is 11.9. The zero-order valence-corrected chi connectivity index (χ0v) is 20.8. The quantitative estimate of drug-likeness (QED) is 0.715. The Labute approximate surface area is 195 Å². The molecule has 33 heavy (non-hydrogen) atoms. The third-order valence-electron chi connectivity index (χ3n) is 8.67. The van der Waals surface area contributed by atoms with Crippen molar-refractivity contribution in [1.29, 1.82) is 0 Å². The molecular formula is C24H34BN3O5. The van der Waals surface area contributed by atoms with Gasteiger partial charge in [-0.2, -0.15) is 0 Å². The fourth-order valence-corrected chi connectivity index (χ4v) is 6.01. The summed E-state index contributed by atoms with van der Waals surface area (Å²) in [5, 5.41) is 9.55. The molecule has 3 unspecified atom stereocenters. The van der Waals surface area contributed by atoms with E-state index in [9.17, 15) is 9.90 Å². The number of carbonyl (C=O) groups is 1. The molecule has 1 aliphatic carbocycles. The summed E-state index contributed by atoms with van der Waals surface area (Å²) in [6, 6.07) is 1.94. The number of nitrogens with zero attached hydrogens (tertiary/aromatic N) is 3. The Morgan fingerprint density at radius 3 is 2.36 bits per heavy atom. The van der Waals surface area contributed by atoms with Crippen LogP contribution in [0.1, 0.15) is 60.1 Å². The Hall–Kier alpha value is -2.26. The van der Waals surface area contributed by atoms with Crippen molar-refractivity contribution in [3.63, 3.8) is 0 Å². The van der Waals surface area contributed by atoms with Gasteiger partial charge >= 0.3 is 13.2 Å². The first-order chi connectivity index (χ1) is 15.2. The van der Waals surface area contributed by atoms with E-state index >= 15 is 0 Å². The van der Waals surface area contributed by atoms with E-state index in [-0.39, 0.29) is 22.7 Å². The van der Waals surface area contributed by atoms with Gasteiger partial charge in [-0.15, -0.1) is 0 Å². The van der Waals surface area contributed by atoms with Gasteiger partial charge in [0.2, 0.25) is 0 Å². The molecule has 1 N–H and O–H groups in total. The Bertz CT molecular complexity index is 1120. The number of hydrogen-bond acceptors (Lipinski definition) is 5. The molecule has 0 spiro atoms. The fourth-order valence-electron chi connectivity index (χ4n) is 6.01. The van der Waals surface area contributed by atoms with Gasteiger partial charge in [-0.25, -0.2) is 9.78 Å². The molecule has 2 aromatic heterocycles. The predicted molar refractivity (Wildman–Crippen MR) is 125 cm³/mol. The van der Waals surface area contributed by atoms with Crippen molar-refractivity contribution in [3.8, 4) is 5.75 Å². The Morgan fingerprint density at radius 2 is 1.85 bits per heavy atom. The van der Waals surface area contributed by atoms with Crippen LogP contribution in [0.2, 0.25) is 0 Å². The molecule has 2 aromatic rings. The molecule has 2 aliphatic heterocycles. The van der Waals surface area contributed by atoms with Crippen molar-refractivity contribution in [3.05, 3.63) is 24.2 Å². The van der Waals surface area contributed by atoms with E-state index in [1.54, 1.807) is 12.0 Å². The molecule has 0 aromatic carbocycles. The second kappa shape index (κ2) is 6.66. The number of amides is 1. The Kier molecular flexibility index (Phi) is 4.55. The number of ether oxygens (including phenoxy) is 1. The molecule has 3 fully saturated rings. The highest BCUT2D eigenvalue weighted by molar-refractivity contribution is 6.62. The maximum atomic E-state index is 11.6. The van der Waals surface area contributed by atoms with E-state index in [2.05, 4.69) is 27.0 Å². The number of rotatable bonds is 3. The molecule has 0 radical (unpaired) electrons. The molecule has 3 aliphatic rings. The fraction of sp³-hybridized carbons (Fsp3) is 0.667. The highest BCUT2D eigenvalue weighted by atomic mass is 16.7. The van der Waals surface area contributed by atoms with Crippen LogP contribution >= 0.6 is 0 Å². The number of carboxylic acid groups (broad SMARTS) is 1. The van der Waals surface area contributed by atoms with Crippen LogP contribution in [0.3, 0.4) is 0 Å². The highest BCUT2D eigenvalue weighted by Gasteiger charge is 2.75. The van der Waals surface area contributed by atoms with Crippen molar-refractivity contribution in [1.82, 2.24) is 14.3 Å². The van der Waals surface area contributed by atoms with Crippen LogP contribution in [0.15, 0.2) is 18.5 Å². The molecule has 2 saturated heterocycles. The van der Waals surface area contributed by atoms with Crippen LogP contribution in [0.25, 0.3) is 5.65 Å². The van der Waals surface area contributed by atoms with Gasteiger partial charge in [0.1, 0.15) is 0 Å². The van der Waals surface area contributed by atoms with Crippen LogP contribution in [0.5, 0.6) is 5.75 Å². The highest BCUT2D eigenvalue weighted by Crippen LogP contribution is 2.75. The molecular weight excluding hydrogens is 421 g/mol. The zero-order chi connectivity index (χ0) is 24.1. The molecule has 0 bridgehead atoms. The number of aromatic nitrogens is 2. The van der Waals surface area contributed by atoms with Gasteiger partial charge in [0.15, 0.2) is 11.4 Å². The van der Waals surface area contributed by atoms with Gasteiger partial charge in [0.25, 0.3) is 0 Å². The molecule has 9 heteroatoms. The monoisotopic (exact) mass is 455 g/mol. The van der Waals surface area contributed by atoms with Crippen LogP contribution < -0.4 is 10.2 Å². The third kappa shape index (κ3) is 3.04. The van der Waals surface area contributed by atoms with Crippen molar-refractivity contribution in [2.75, 3.05) is 20.2 Å².